The minimum Gasteiger partial charge on any atom is -0.339 e. The third-order valence-electron chi connectivity index (χ3n) is 3.45. The van der Waals surface area contributed by atoms with Crippen LogP contribution in [-0.2, 0) is 6.42 Å². The highest BCUT2D eigenvalue weighted by Gasteiger charge is 2.24. The number of nitrogens with two attached hydrogens (primary N) is 1. The van der Waals surface area contributed by atoms with Gasteiger partial charge >= 0.3 is 0 Å². The molecule has 2 N–H and O–H groups in total. The summed E-state index contributed by atoms with van der Waals surface area (Å²) in [5.41, 5.74) is 5.97. The van der Waals surface area contributed by atoms with Crippen molar-refractivity contribution in [2.24, 2.45) is 17.1 Å². The number of hydrogen-bond donors (Lipinski definition) is 1. The van der Waals surface area contributed by atoms with E-state index in [1.54, 1.807) is 0 Å². The molecule has 18 heavy (non-hydrogen) atoms. The van der Waals surface area contributed by atoms with Gasteiger partial charge in [-0.1, -0.05) is 39.8 Å². The SMILES string of the molecule is CC(C)c1noc(CCC(CCN)C(C)(C)C)n1. The first-order chi connectivity index (χ1) is 8.34. The second-order valence-electron chi connectivity index (χ2n) is 6.38. The molecule has 0 aliphatic carbocycles. The lowest BCUT2D eigenvalue weighted by molar-refractivity contribution is 0.208. The van der Waals surface area contributed by atoms with Crippen LogP contribution >= 0.6 is 0 Å². The van der Waals surface area contributed by atoms with Crippen molar-refractivity contribution < 1.29 is 4.52 Å². The van der Waals surface area contributed by atoms with Crippen molar-refractivity contribution in [1.29, 1.82) is 0 Å². The monoisotopic (exact) mass is 253 g/mol. The first-order valence-electron chi connectivity index (χ1n) is 6.87. The van der Waals surface area contributed by atoms with Crippen LogP contribution in [0.4, 0.5) is 0 Å². The normalized spacial score (nSPS) is 14.2. The van der Waals surface area contributed by atoms with Crippen LogP contribution in [0.2, 0.25) is 0 Å². The van der Waals surface area contributed by atoms with Crippen LogP contribution in [0.5, 0.6) is 0 Å². The van der Waals surface area contributed by atoms with Gasteiger partial charge in [-0.2, -0.15) is 4.98 Å². The zero-order valence-electron chi connectivity index (χ0n) is 12.4. The summed E-state index contributed by atoms with van der Waals surface area (Å²) in [6, 6.07) is 0. The van der Waals surface area contributed by atoms with E-state index in [4.69, 9.17) is 10.3 Å². The predicted octanol–water partition coefficient (Wildman–Crippen LogP) is 3.14. The molecule has 0 aliphatic heterocycles. The minimum absolute atomic E-state index is 0.278. The van der Waals surface area contributed by atoms with Crippen LogP contribution in [0.15, 0.2) is 4.52 Å². The van der Waals surface area contributed by atoms with Gasteiger partial charge in [-0.15, -0.1) is 0 Å². The van der Waals surface area contributed by atoms with Crippen LogP contribution in [-0.4, -0.2) is 16.7 Å². The van der Waals surface area contributed by atoms with Gasteiger partial charge in [-0.05, 0) is 30.7 Å². The summed E-state index contributed by atoms with van der Waals surface area (Å²) in [6.45, 7) is 11.7. The van der Waals surface area contributed by atoms with Crippen LogP contribution in [0.25, 0.3) is 0 Å². The fourth-order valence-electron chi connectivity index (χ4n) is 2.11. The van der Waals surface area contributed by atoms with E-state index in [1.807, 2.05) is 0 Å². The maximum Gasteiger partial charge on any atom is 0.226 e. The number of aryl methyl sites for hydroxylation is 1. The molecule has 104 valence electrons. The van der Waals surface area contributed by atoms with E-state index in [-0.39, 0.29) is 5.41 Å². The van der Waals surface area contributed by atoms with Crippen LogP contribution in [0.3, 0.4) is 0 Å². The standard InChI is InChI=1S/C14H27N3O/c1-10(2)13-16-12(18-17-13)7-6-11(8-9-15)14(3,4)5/h10-11H,6-9,15H2,1-5H3. The van der Waals surface area contributed by atoms with Crippen molar-refractivity contribution in [1.82, 2.24) is 10.1 Å². The van der Waals surface area contributed by atoms with E-state index in [0.717, 1.165) is 37.5 Å². The smallest absolute Gasteiger partial charge is 0.226 e. The van der Waals surface area contributed by atoms with Crippen molar-refractivity contribution >= 4 is 0 Å². The molecule has 0 saturated heterocycles. The Hall–Kier alpha value is -0.900. The van der Waals surface area contributed by atoms with E-state index in [2.05, 4.69) is 44.8 Å². The largest absolute Gasteiger partial charge is 0.339 e. The highest BCUT2D eigenvalue weighted by molar-refractivity contribution is 4.92. The Bertz CT molecular complexity index is 352. The fraction of sp³-hybridized carbons (Fsp3) is 0.857. The van der Waals surface area contributed by atoms with E-state index >= 15 is 0 Å². The van der Waals surface area contributed by atoms with Gasteiger partial charge in [-0.3, -0.25) is 0 Å². The number of rotatable bonds is 6. The molecule has 0 bridgehead atoms. The van der Waals surface area contributed by atoms with Crippen molar-refractivity contribution in [3.63, 3.8) is 0 Å². The maximum absolute atomic E-state index is 5.69. The Balaban J connectivity index is 2.56. The second kappa shape index (κ2) is 6.32. The Morgan fingerprint density at radius 3 is 2.33 bits per heavy atom. The molecular formula is C14H27N3O. The first kappa shape index (κ1) is 15.2. The molecule has 1 heterocycles. The second-order valence-corrected chi connectivity index (χ2v) is 6.38. The number of hydrogen-bond acceptors (Lipinski definition) is 4. The average Bonchev–Trinajstić information content (AvgIpc) is 2.71. The van der Waals surface area contributed by atoms with Gasteiger partial charge in [0.25, 0.3) is 0 Å². The Morgan fingerprint density at radius 1 is 1.22 bits per heavy atom. The number of aromatic nitrogens is 2. The topological polar surface area (TPSA) is 64.9 Å². The summed E-state index contributed by atoms with van der Waals surface area (Å²) in [7, 11) is 0. The molecular weight excluding hydrogens is 226 g/mol. The van der Waals surface area contributed by atoms with Crippen molar-refractivity contribution in [3.8, 4) is 0 Å². The van der Waals surface area contributed by atoms with Crippen LogP contribution in [0.1, 0.15) is 65.1 Å². The lowest BCUT2D eigenvalue weighted by atomic mass is 9.76. The van der Waals surface area contributed by atoms with E-state index in [1.165, 1.54) is 0 Å². The Morgan fingerprint density at radius 2 is 1.89 bits per heavy atom. The van der Waals surface area contributed by atoms with Gasteiger partial charge in [0.05, 0.1) is 0 Å². The fourth-order valence-corrected chi connectivity index (χ4v) is 2.11. The summed E-state index contributed by atoms with van der Waals surface area (Å²) in [4.78, 5) is 4.41. The molecule has 4 nitrogen and oxygen atoms in total. The van der Waals surface area contributed by atoms with Crippen LogP contribution < -0.4 is 5.73 Å². The van der Waals surface area contributed by atoms with Gasteiger partial charge in [-0.25, -0.2) is 0 Å². The molecule has 0 fully saturated rings. The average molecular weight is 253 g/mol. The van der Waals surface area contributed by atoms with Gasteiger partial charge < -0.3 is 10.3 Å². The molecule has 0 radical (unpaired) electrons. The maximum atomic E-state index is 5.69. The van der Waals surface area contributed by atoms with Gasteiger partial charge in [0, 0.05) is 12.3 Å². The molecule has 0 saturated carbocycles. The molecule has 0 spiro atoms. The molecule has 1 rings (SSSR count). The molecule has 1 aromatic heterocycles. The lowest BCUT2D eigenvalue weighted by Crippen LogP contribution is -2.24. The number of nitrogens with zero attached hydrogens (tertiary/aromatic N) is 2. The van der Waals surface area contributed by atoms with Crippen molar-refractivity contribution in [2.45, 2.75) is 59.8 Å². The summed E-state index contributed by atoms with van der Waals surface area (Å²) < 4.78 is 5.27. The zero-order valence-corrected chi connectivity index (χ0v) is 12.4. The molecule has 1 atom stereocenters. The zero-order chi connectivity index (χ0) is 13.8. The first-order valence-corrected chi connectivity index (χ1v) is 6.87. The van der Waals surface area contributed by atoms with Gasteiger partial charge in [0.1, 0.15) is 0 Å². The molecule has 0 amide bonds. The van der Waals surface area contributed by atoms with E-state index in [9.17, 15) is 0 Å². The molecule has 0 aromatic carbocycles. The third kappa shape index (κ3) is 4.41. The van der Waals surface area contributed by atoms with Crippen molar-refractivity contribution in [2.75, 3.05) is 6.54 Å². The summed E-state index contributed by atoms with van der Waals surface area (Å²) >= 11 is 0. The van der Waals surface area contributed by atoms with Gasteiger partial charge in [0.15, 0.2) is 5.82 Å². The van der Waals surface area contributed by atoms with Crippen molar-refractivity contribution in [3.05, 3.63) is 11.7 Å². The van der Waals surface area contributed by atoms with E-state index < -0.39 is 0 Å². The summed E-state index contributed by atoms with van der Waals surface area (Å²) in [5, 5.41) is 3.99. The third-order valence-corrected chi connectivity index (χ3v) is 3.45. The predicted molar refractivity (Wildman–Crippen MR) is 73.3 cm³/mol. The van der Waals surface area contributed by atoms with Gasteiger partial charge in [0.2, 0.25) is 5.89 Å². The summed E-state index contributed by atoms with van der Waals surface area (Å²) in [5.74, 6) is 2.47. The highest BCUT2D eigenvalue weighted by Crippen LogP contribution is 2.32. The van der Waals surface area contributed by atoms with Crippen LogP contribution in [0, 0.1) is 11.3 Å². The molecule has 0 aliphatic rings. The molecule has 4 heteroatoms. The summed E-state index contributed by atoms with van der Waals surface area (Å²) in [6.07, 6.45) is 2.96. The van der Waals surface area contributed by atoms with E-state index in [0.29, 0.717) is 11.8 Å². The molecule has 1 aromatic rings. The molecule has 1 unspecified atom stereocenters. The highest BCUT2D eigenvalue weighted by atomic mass is 16.5. The lowest BCUT2D eigenvalue weighted by Gasteiger charge is -2.30. The minimum atomic E-state index is 0.278. The quantitative estimate of drug-likeness (QED) is 0.846. The Kier molecular flexibility index (Phi) is 5.32. The Labute approximate surface area is 110 Å².